The van der Waals surface area contributed by atoms with Crippen LogP contribution in [0.5, 0.6) is 17.2 Å². The molecule has 7 nitrogen and oxygen atoms in total. The Labute approximate surface area is 211 Å². The quantitative estimate of drug-likeness (QED) is 0.332. The molecule has 2 aromatic rings. The number of carbonyl (C=O) groups excluding carboxylic acids is 1. The van der Waals surface area contributed by atoms with Crippen LogP contribution in [0.15, 0.2) is 59.5 Å². The molecule has 2 atom stereocenters. The van der Waals surface area contributed by atoms with Crippen LogP contribution >= 0.6 is 11.8 Å². The van der Waals surface area contributed by atoms with Gasteiger partial charge in [-0.15, -0.1) is 11.8 Å². The Morgan fingerprint density at radius 3 is 2.51 bits per heavy atom. The van der Waals surface area contributed by atoms with Crippen molar-refractivity contribution < 1.29 is 28.8 Å². The number of benzene rings is 2. The van der Waals surface area contributed by atoms with Crippen molar-refractivity contribution in [3.63, 3.8) is 0 Å². The first-order chi connectivity index (χ1) is 16.9. The third-order valence-corrected chi connectivity index (χ3v) is 6.70. The second-order valence-corrected chi connectivity index (χ2v) is 9.56. The average molecular weight is 500 g/mol. The first-order valence-corrected chi connectivity index (χ1v) is 12.3. The molecule has 0 aromatic heterocycles. The zero-order valence-corrected chi connectivity index (χ0v) is 21.4. The van der Waals surface area contributed by atoms with E-state index in [2.05, 4.69) is 18.3 Å². The first-order valence-electron chi connectivity index (χ1n) is 11.4. The van der Waals surface area contributed by atoms with E-state index in [1.165, 1.54) is 12.0 Å². The summed E-state index contributed by atoms with van der Waals surface area (Å²) < 4.78 is 21.3. The summed E-state index contributed by atoms with van der Waals surface area (Å²) >= 11 is 1.75. The molecule has 1 aliphatic heterocycles. The Morgan fingerprint density at radius 2 is 1.89 bits per heavy atom. The van der Waals surface area contributed by atoms with E-state index >= 15 is 0 Å². The number of aliphatic hydroxyl groups is 1. The number of aliphatic hydroxyl groups excluding tert-OH is 1. The maximum atomic E-state index is 12.4. The molecule has 188 valence electrons. The highest BCUT2D eigenvalue weighted by Gasteiger charge is 2.19. The largest absolute Gasteiger partial charge is 0.497 e. The maximum Gasteiger partial charge on any atom is 0.338 e. The number of hydrogen-bond acceptors (Lipinski definition) is 8. The van der Waals surface area contributed by atoms with Gasteiger partial charge in [-0.3, -0.25) is 0 Å². The van der Waals surface area contributed by atoms with Crippen molar-refractivity contribution in [2.45, 2.75) is 31.2 Å². The van der Waals surface area contributed by atoms with Crippen molar-refractivity contribution in [1.29, 1.82) is 0 Å². The van der Waals surface area contributed by atoms with E-state index in [1.54, 1.807) is 38.1 Å². The molecule has 0 amide bonds. The predicted octanol–water partition coefficient (Wildman–Crippen LogP) is 4.20. The molecule has 1 aliphatic rings. The van der Waals surface area contributed by atoms with E-state index in [0.29, 0.717) is 24.4 Å². The van der Waals surface area contributed by atoms with E-state index in [0.717, 1.165) is 29.0 Å². The highest BCUT2D eigenvalue weighted by atomic mass is 32.2. The smallest absolute Gasteiger partial charge is 0.338 e. The molecule has 1 heterocycles. The van der Waals surface area contributed by atoms with Crippen LogP contribution in [0.25, 0.3) is 5.57 Å². The molecule has 0 saturated carbocycles. The van der Waals surface area contributed by atoms with Crippen molar-refractivity contribution in [3.05, 3.63) is 70.6 Å². The normalized spacial score (nSPS) is 16.4. The Morgan fingerprint density at radius 1 is 1.14 bits per heavy atom. The highest BCUT2D eigenvalue weighted by Crippen LogP contribution is 2.34. The Balaban J connectivity index is 1.50. The summed E-state index contributed by atoms with van der Waals surface area (Å²) in [6.07, 6.45) is 4.34. The molecule has 2 aromatic carbocycles. The average Bonchev–Trinajstić information content (AvgIpc) is 3.30. The van der Waals surface area contributed by atoms with Gasteiger partial charge in [0.25, 0.3) is 0 Å². The van der Waals surface area contributed by atoms with Gasteiger partial charge in [-0.05, 0) is 42.0 Å². The van der Waals surface area contributed by atoms with E-state index < -0.39 is 6.10 Å². The number of esters is 1. The molecule has 2 N–H and O–H groups in total. The number of ether oxygens (including phenoxy) is 4. The first kappa shape index (κ1) is 26.7. The van der Waals surface area contributed by atoms with Crippen LogP contribution in [0.3, 0.4) is 0 Å². The summed E-state index contributed by atoms with van der Waals surface area (Å²) in [6, 6.07) is 12.9. The minimum absolute atomic E-state index is 0.134. The monoisotopic (exact) mass is 499 g/mol. The van der Waals surface area contributed by atoms with Crippen molar-refractivity contribution in [2.24, 2.45) is 0 Å². The molecule has 3 rings (SSSR count). The van der Waals surface area contributed by atoms with Crippen molar-refractivity contribution >= 4 is 23.3 Å². The molecule has 2 unspecified atom stereocenters. The van der Waals surface area contributed by atoms with Gasteiger partial charge in [-0.1, -0.05) is 30.4 Å². The molecule has 0 aliphatic carbocycles. The van der Waals surface area contributed by atoms with E-state index in [4.69, 9.17) is 18.9 Å². The molecular weight excluding hydrogens is 466 g/mol. The van der Waals surface area contributed by atoms with Crippen LogP contribution in [0, 0.1) is 0 Å². The third-order valence-electron chi connectivity index (χ3n) is 5.53. The zero-order valence-electron chi connectivity index (χ0n) is 20.6. The fourth-order valence-corrected chi connectivity index (χ4v) is 4.72. The zero-order chi connectivity index (χ0) is 25.2. The van der Waals surface area contributed by atoms with Crippen molar-refractivity contribution in [3.8, 4) is 17.2 Å². The molecule has 0 bridgehead atoms. The summed E-state index contributed by atoms with van der Waals surface area (Å²) in [7, 11) is 4.61. The van der Waals surface area contributed by atoms with Crippen molar-refractivity contribution in [1.82, 2.24) is 5.32 Å². The minimum Gasteiger partial charge on any atom is -0.497 e. The van der Waals surface area contributed by atoms with Gasteiger partial charge in [-0.2, -0.15) is 0 Å². The second-order valence-electron chi connectivity index (χ2n) is 8.08. The summed E-state index contributed by atoms with van der Waals surface area (Å²) in [4.78, 5) is 13.6. The van der Waals surface area contributed by atoms with Crippen LogP contribution in [-0.2, 0) is 16.1 Å². The highest BCUT2D eigenvalue weighted by molar-refractivity contribution is 8.04. The molecule has 0 radical (unpaired) electrons. The number of carbonyl (C=O) groups is 1. The summed E-state index contributed by atoms with van der Waals surface area (Å²) in [5.41, 5.74) is 2.27. The fraction of sp³-hybridized carbons (Fsp3) is 0.370. The lowest BCUT2D eigenvalue weighted by Crippen LogP contribution is -2.31. The standard InChI is InChI=1S/C27H33NO6S/c1-18-5-12-24(35-18)14-25(27(30)33-4)19-6-9-22(10-7-19)34-17-21(29)16-28-15-20-8-11-23(31-2)13-26(20)32-3/h5-11,13-14,21,24,28-29H,12,15-17H2,1-4H3/b25-14+. The topological polar surface area (TPSA) is 86.3 Å². The van der Waals surface area contributed by atoms with Gasteiger partial charge >= 0.3 is 5.97 Å². The molecule has 0 fully saturated rings. The van der Waals surface area contributed by atoms with Gasteiger partial charge in [0.05, 0.1) is 26.9 Å². The van der Waals surface area contributed by atoms with Crippen LogP contribution < -0.4 is 19.5 Å². The second kappa shape index (κ2) is 13.2. The molecule has 8 heteroatoms. The predicted molar refractivity (Wildman–Crippen MR) is 139 cm³/mol. The Kier molecular flexibility index (Phi) is 10.1. The van der Waals surface area contributed by atoms with Gasteiger partial charge < -0.3 is 29.4 Å². The SMILES string of the molecule is COC(=O)/C(=C/C1CC=C(C)S1)c1ccc(OCC(O)CNCc2ccc(OC)cc2OC)cc1. The van der Waals surface area contributed by atoms with Gasteiger partial charge in [0.1, 0.15) is 30.0 Å². The van der Waals surface area contributed by atoms with Crippen LogP contribution in [0.2, 0.25) is 0 Å². The summed E-state index contributed by atoms with van der Waals surface area (Å²) in [5.74, 6) is 1.70. The van der Waals surface area contributed by atoms with E-state index in [1.807, 2.05) is 36.4 Å². The number of thioether (sulfide) groups is 1. The number of rotatable bonds is 12. The number of methoxy groups -OCH3 is 3. The molecule has 35 heavy (non-hydrogen) atoms. The number of allylic oxidation sites excluding steroid dienone is 2. The lowest BCUT2D eigenvalue weighted by atomic mass is 10.0. The lowest BCUT2D eigenvalue weighted by molar-refractivity contribution is -0.133. The maximum absolute atomic E-state index is 12.4. The minimum atomic E-state index is -0.695. The molecule has 0 saturated heterocycles. The molecule has 0 spiro atoms. The van der Waals surface area contributed by atoms with Gasteiger partial charge in [0.2, 0.25) is 0 Å². The van der Waals surface area contributed by atoms with Gasteiger partial charge in [0.15, 0.2) is 0 Å². The molecular formula is C27H33NO6S. The van der Waals surface area contributed by atoms with Crippen LogP contribution in [-0.4, -0.2) is 56.9 Å². The van der Waals surface area contributed by atoms with Crippen LogP contribution in [0.4, 0.5) is 0 Å². The summed E-state index contributed by atoms with van der Waals surface area (Å²) in [5, 5.41) is 13.7. The van der Waals surface area contributed by atoms with Gasteiger partial charge in [0, 0.05) is 30.0 Å². The summed E-state index contributed by atoms with van der Waals surface area (Å²) in [6.45, 7) is 3.10. The lowest BCUT2D eigenvalue weighted by Gasteiger charge is -2.15. The number of hydrogen-bond donors (Lipinski definition) is 2. The van der Waals surface area contributed by atoms with Crippen LogP contribution in [0.1, 0.15) is 24.5 Å². The van der Waals surface area contributed by atoms with Crippen molar-refractivity contribution in [2.75, 3.05) is 34.5 Å². The Hall–Kier alpha value is -2.94. The van der Waals surface area contributed by atoms with E-state index in [9.17, 15) is 9.90 Å². The fourth-order valence-electron chi connectivity index (χ4n) is 3.65. The third kappa shape index (κ3) is 7.78. The van der Waals surface area contributed by atoms with Gasteiger partial charge in [-0.25, -0.2) is 4.79 Å². The number of nitrogens with one attached hydrogen (secondary N) is 1. The Bertz CT molecular complexity index is 1050. The van der Waals surface area contributed by atoms with E-state index in [-0.39, 0.29) is 17.8 Å².